The first-order valence-electron chi connectivity index (χ1n) is 7.36. The van der Waals surface area contributed by atoms with Crippen molar-refractivity contribution >= 4 is 11.6 Å². The van der Waals surface area contributed by atoms with Gasteiger partial charge < -0.3 is 4.90 Å². The molecule has 1 N–H and O–H groups in total. The Balaban J connectivity index is 2.02. The van der Waals surface area contributed by atoms with Crippen LogP contribution in [0.5, 0.6) is 0 Å². The van der Waals surface area contributed by atoms with Gasteiger partial charge in [-0.1, -0.05) is 30.3 Å². The fourth-order valence-corrected chi connectivity index (χ4v) is 2.51. The Morgan fingerprint density at radius 2 is 2.09 bits per heavy atom. The molecule has 0 aliphatic carbocycles. The van der Waals surface area contributed by atoms with E-state index in [-0.39, 0.29) is 0 Å². The summed E-state index contributed by atoms with van der Waals surface area (Å²) in [6.45, 7) is 8.82. The third-order valence-electron chi connectivity index (χ3n) is 3.79. The second-order valence-electron chi connectivity index (χ2n) is 5.55. The maximum Gasteiger partial charge on any atom is 0.0565 e. The van der Waals surface area contributed by atoms with Gasteiger partial charge in [-0.05, 0) is 31.2 Å². The number of aromatic amines is 1. The molecule has 5 heteroatoms. The van der Waals surface area contributed by atoms with E-state index >= 15 is 0 Å². The van der Waals surface area contributed by atoms with Gasteiger partial charge in [-0.2, -0.15) is 5.10 Å². The molecule has 22 heavy (non-hydrogen) atoms. The Labute approximate surface area is 137 Å². The number of rotatable bonds is 7. The standard InChI is InChI=1S/C17H23ClN4/c1-5-22(4)13(2)11-21(3)12-15-7-6-14(8-17(15)18)16-9-19-20-10-16/h6-10H,2,5,11-12H2,1,3-4H3,(H,19,20). The van der Waals surface area contributed by atoms with Crippen molar-refractivity contribution in [2.75, 3.05) is 27.2 Å². The van der Waals surface area contributed by atoms with E-state index in [9.17, 15) is 0 Å². The van der Waals surface area contributed by atoms with Crippen LogP contribution in [0.1, 0.15) is 12.5 Å². The van der Waals surface area contributed by atoms with Crippen LogP contribution in [-0.4, -0.2) is 47.2 Å². The molecule has 118 valence electrons. The lowest BCUT2D eigenvalue weighted by molar-refractivity contribution is 0.308. The Kier molecular flexibility index (Phi) is 5.63. The summed E-state index contributed by atoms with van der Waals surface area (Å²) < 4.78 is 0. The van der Waals surface area contributed by atoms with Crippen LogP contribution in [0.25, 0.3) is 11.1 Å². The van der Waals surface area contributed by atoms with Crippen molar-refractivity contribution in [1.82, 2.24) is 20.0 Å². The third-order valence-corrected chi connectivity index (χ3v) is 4.14. The quantitative estimate of drug-likeness (QED) is 0.846. The largest absolute Gasteiger partial charge is 0.378 e. The van der Waals surface area contributed by atoms with E-state index in [0.717, 1.165) is 47.0 Å². The molecule has 2 aromatic rings. The number of aromatic nitrogens is 2. The molecule has 0 atom stereocenters. The minimum absolute atomic E-state index is 0.778. The molecule has 0 radical (unpaired) electrons. The fraction of sp³-hybridized carbons (Fsp3) is 0.353. The maximum atomic E-state index is 6.43. The molecule has 0 aliphatic heterocycles. The summed E-state index contributed by atoms with van der Waals surface area (Å²) >= 11 is 6.43. The number of likely N-dealkylation sites (N-methyl/N-ethyl adjacent to an activating group) is 2. The summed E-state index contributed by atoms with van der Waals surface area (Å²) in [5.41, 5.74) is 4.33. The molecule has 0 saturated carbocycles. The van der Waals surface area contributed by atoms with Crippen LogP contribution in [0.15, 0.2) is 42.9 Å². The van der Waals surface area contributed by atoms with Crippen molar-refractivity contribution in [1.29, 1.82) is 0 Å². The molecule has 0 fully saturated rings. The van der Waals surface area contributed by atoms with Crippen molar-refractivity contribution in [2.45, 2.75) is 13.5 Å². The van der Waals surface area contributed by atoms with Gasteiger partial charge in [0.25, 0.3) is 0 Å². The van der Waals surface area contributed by atoms with Gasteiger partial charge in [0.2, 0.25) is 0 Å². The number of halogens is 1. The molecule has 0 aliphatic rings. The van der Waals surface area contributed by atoms with Crippen LogP contribution in [0, 0.1) is 0 Å². The Morgan fingerprint density at radius 3 is 2.68 bits per heavy atom. The molecular weight excluding hydrogens is 296 g/mol. The number of hydrogen-bond donors (Lipinski definition) is 1. The predicted octanol–water partition coefficient (Wildman–Crippen LogP) is 3.63. The Bertz CT molecular complexity index is 622. The molecule has 4 nitrogen and oxygen atoms in total. The van der Waals surface area contributed by atoms with E-state index < -0.39 is 0 Å². The minimum Gasteiger partial charge on any atom is -0.378 e. The zero-order chi connectivity index (χ0) is 16.1. The van der Waals surface area contributed by atoms with Crippen LogP contribution in [0.3, 0.4) is 0 Å². The van der Waals surface area contributed by atoms with Crippen LogP contribution < -0.4 is 0 Å². The van der Waals surface area contributed by atoms with Crippen LogP contribution in [0.2, 0.25) is 5.02 Å². The Morgan fingerprint density at radius 1 is 1.32 bits per heavy atom. The lowest BCUT2D eigenvalue weighted by Crippen LogP contribution is -2.28. The summed E-state index contributed by atoms with van der Waals surface area (Å²) in [4.78, 5) is 4.37. The van der Waals surface area contributed by atoms with Gasteiger partial charge in [0.05, 0.1) is 6.20 Å². The van der Waals surface area contributed by atoms with Crippen LogP contribution in [-0.2, 0) is 6.54 Å². The summed E-state index contributed by atoms with van der Waals surface area (Å²) in [7, 11) is 4.14. The van der Waals surface area contributed by atoms with Crippen molar-refractivity contribution in [3.63, 3.8) is 0 Å². The number of hydrogen-bond acceptors (Lipinski definition) is 3. The van der Waals surface area contributed by atoms with E-state index in [1.54, 1.807) is 6.20 Å². The molecule has 0 saturated heterocycles. The maximum absolute atomic E-state index is 6.43. The zero-order valence-corrected chi connectivity index (χ0v) is 14.2. The topological polar surface area (TPSA) is 35.2 Å². The van der Waals surface area contributed by atoms with Gasteiger partial charge in [0, 0.05) is 49.2 Å². The van der Waals surface area contributed by atoms with Crippen LogP contribution in [0.4, 0.5) is 0 Å². The minimum atomic E-state index is 0.778. The van der Waals surface area contributed by atoms with Gasteiger partial charge >= 0.3 is 0 Å². The summed E-state index contributed by atoms with van der Waals surface area (Å²) in [6.07, 6.45) is 3.66. The molecule has 2 rings (SSSR count). The summed E-state index contributed by atoms with van der Waals surface area (Å²) in [5, 5.41) is 7.56. The van der Waals surface area contributed by atoms with Gasteiger partial charge in [0.1, 0.15) is 0 Å². The SMILES string of the molecule is C=C(CN(C)Cc1ccc(-c2cn[nH]c2)cc1Cl)N(C)CC. The van der Waals surface area contributed by atoms with Crippen molar-refractivity contribution in [3.8, 4) is 11.1 Å². The molecule has 0 amide bonds. The molecule has 0 unspecified atom stereocenters. The van der Waals surface area contributed by atoms with E-state index in [1.807, 2.05) is 12.3 Å². The summed E-state index contributed by atoms with van der Waals surface area (Å²) in [5.74, 6) is 0. The first-order chi connectivity index (χ1) is 10.5. The molecular formula is C17H23ClN4. The second kappa shape index (κ2) is 7.47. The lowest BCUT2D eigenvalue weighted by Gasteiger charge is -2.25. The average Bonchev–Trinajstić information content (AvgIpc) is 3.02. The third kappa shape index (κ3) is 4.12. The molecule has 1 aromatic heterocycles. The highest BCUT2D eigenvalue weighted by atomic mass is 35.5. The monoisotopic (exact) mass is 318 g/mol. The molecule has 0 spiro atoms. The van der Waals surface area contributed by atoms with Crippen molar-refractivity contribution in [3.05, 3.63) is 53.5 Å². The fourth-order valence-electron chi connectivity index (χ4n) is 2.27. The van der Waals surface area contributed by atoms with E-state index in [1.165, 1.54) is 0 Å². The van der Waals surface area contributed by atoms with Gasteiger partial charge in [-0.25, -0.2) is 0 Å². The van der Waals surface area contributed by atoms with Gasteiger partial charge in [0.15, 0.2) is 0 Å². The van der Waals surface area contributed by atoms with Gasteiger partial charge in [-0.3, -0.25) is 10.00 Å². The smallest absolute Gasteiger partial charge is 0.0565 e. The average molecular weight is 319 g/mol. The normalized spacial score (nSPS) is 11.0. The predicted molar refractivity (Wildman–Crippen MR) is 92.8 cm³/mol. The molecule has 0 bridgehead atoms. The first-order valence-corrected chi connectivity index (χ1v) is 7.74. The van der Waals surface area contributed by atoms with E-state index in [2.05, 4.69) is 59.7 Å². The first kappa shape index (κ1) is 16.6. The highest BCUT2D eigenvalue weighted by Crippen LogP contribution is 2.25. The van der Waals surface area contributed by atoms with E-state index in [4.69, 9.17) is 11.6 Å². The van der Waals surface area contributed by atoms with Gasteiger partial charge in [-0.15, -0.1) is 0 Å². The Hall–Kier alpha value is -1.78. The summed E-state index contributed by atoms with van der Waals surface area (Å²) in [6, 6.07) is 6.14. The molecule has 1 heterocycles. The number of benzene rings is 1. The second-order valence-corrected chi connectivity index (χ2v) is 5.95. The molecule has 1 aromatic carbocycles. The number of nitrogens with one attached hydrogen (secondary N) is 1. The lowest BCUT2D eigenvalue weighted by atomic mass is 10.1. The van der Waals surface area contributed by atoms with Crippen molar-refractivity contribution < 1.29 is 0 Å². The highest BCUT2D eigenvalue weighted by molar-refractivity contribution is 6.31. The number of H-pyrrole nitrogens is 1. The van der Waals surface area contributed by atoms with Crippen LogP contribution >= 0.6 is 11.6 Å². The van der Waals surface area contributed by atoms with Crippen molar-refractivity contribution in [2.24, 2.45) is 0 Å². The zero-order valence-electron chi connectivity index (χ0n) is 13.4. The number of nitrogens with zero attached hydrogens (tertiary/aromatic N) is 3. The highest BCUT2D eigenvalue weighted by Gasteiger charge is 2.09. The van der Waals surface area contributed by atoms with E-state index in [0.29, 0.717) is 0 Å².